The summed E-state index contributed by atoms with van der Waals surface area (Å²) in [5, 5.41) is 5.63. The van der Waals surface area contributed by atoms with Crippen LogP contribution in [0.5, 0.6) is 5.75 Å². The van der Waals surface area contributed by atoms with E-state index in [2.05, 4.69) is 15.2 Å². The minimum atomic E-state index is -0.245. The van der Waals surface area contributed by atoms with Crippen molar-refractivity contribution in [3.05, 3.63) is 40.2 Å². The fourth-order valence-electron chi connectivity index (χ4n) is 1.81. The number of rotatable bonds is 5. The van der Waals surface area contributed by atoms with Gasteiger partial charge in [0.15, 0.2) is 0 Å². The summed E-state index contributed by atoms with van der Waals surface area (Å²) in [6.07, 6.45) is 2.33. The van der Waals surface area contributed by atoms with Crippen LogP contribution in [-0.2, 0) is 12.8 Å². The van der Waals surface area contributed by atoms with Crippen molar-refractivity contribution in [3.8, 4) is 5.75 Å². The van der Waals surface area contributed by atoms with Gasteiger partial charge in [-0.3, -0.25) is 10.2 Å². The fourth-order valence-corrected chi connectivity index (χ4v) is 1.97. The fraction of sp³-hybridized carbons (Fsp3) is 0.333. The number of aromatic nitrogens is 3. The molecule has 0 aliphatic heterocycles. The number of halogens is 1. The van der Waals surface area contributed by atoms with E-state index in [4.69, 9.17) is 17.0 Å². The van der Waals surface area contributed by atoms with Gasteiger partial charge in [0.2, 0.25) is 4.77 Å². The van der Waals surface area contributed by atoms with Crippen LogP contribution in [-0.4, -0.2) is 22.3 Å². The van der Waals surface area contributed by atoms with E-state index in [9.17, 15) is 4.39 Å². The van der Waals surface area contributed by atoms with Gasteiger partial charge in [-0.15, -0.1) is 0 Å². The molecule has 0 spiro atoms. The highest BCUT2D eigenvalue weighted by Gasteiger charge is 2.05. The molecule has 1 aromatic carbocycles. The van der Waals surface area contributed by atoms with Gasteiger partial charge in [-0.25, -0.2) is 9.37 Å². The lowest BCUT2D eigenvalue weighted by molar-refractivity contribution is 0.407. The van der Waals surface area contributed by atoms with Crippen molar-refractivity contribution >= 4 is 12.2 Å². The minimum Gasteiger partial charge on any atom is -0.496 e. The predicted molar refractivity (Wildman–Crippen MR) is 68.7 cm³/mol. The number of H-pyrrole nitrogens is 2. The van der Waals surface area contributed by atoms with Crippen LogP contribution >= 0.6 is 12.2 Å². The second kappa shape index (κ2) is 5.77. The monoisotopic (exact) mass is 267 g/mol. The van der Waals surface area contributed by atoms with Crippen LogP contribution in [0.15, 0.2) is 18.2 Å². The Bertz CT molecular complexity index is 579. The molecule has 2 N–H and O–H groups in total. The highest BCUT2D eigenvalue weighted by Crippen LogP contribution is 2.21. The van der Waals surface area contributed by atoms with Crippen LogP contribution in [0.4, 0.5) is 4.39 Å². The second-order valence-electron chi connectivity index (χ2n) is 3.92. The minimum absolute atomic E-state index is 0.245. The molecule has 0 fully saturated rings. The van der Waals surface area contributed by atoms with Crippen molar-refractivity contribution in [1.29, 1.82) is 0 Å². The van der Waals surface area contributed by atoms with Crippen molar-refractivity contribution in [2.45, 2.75) is 19.3 Å². The molecular weight excluding hydrogens is 253 g/mol. The van der Waals surface area contributed by atoms with Crippen LogP contribution < -0.4 is 4.74 Å². The third kappa shape index (κ3) is 3.16. The number of aromatic amines is 2. The maximum atomic E-state index is 13.1. The van der Waals surface area contributed by atoms with Crippen LogP contribution in [0.1, 0.15) is 17.8 Å². The number of benzene rings is 1. The average Bonchev–Trinajstić information content (AvgIpc) is 2.75. The SMILES string of the molecule is COc1ccc(F)cc1CCCc1nc(=S)[nH][nH]1. The molecule has 0 saturated carbocycles. The third-order valence-electron chi connectivity index (χ3n) is 2.65. The van der Waals surface area contributed by atoms with Crippen LogP contribution in [0.3, 0.4) is 0 Å². The Labute approximate surface area is 109 Å². The van der Waals surface area contributed by atoms with E-state index in [1.165, 1.54) is 12.1 Å². The number of hydrogen-bond donors (Lipinski definition) is 2. The molecule has 18 heavy (non-hydrogen) atoms. The summed E-state index contributed by atoms with van der Waals surface area (Å²) in [5.41, 5.74) is 0.867. The first-order valence-corrected chi connectivity index (χ1v) is 6.06. The molecular formula is C12H14FN3OS. The molecule has 2 rings (SSSR count). The van der Waals surface area contributed by atoms with E-state index in [0.29, 0.717) is 10.5 Å². The van der Waals surface area contributed by atoms with Crippen LogP contribution in [0.25, 0.3) is 0 Å². The lowest BCUT2D eigenvalue weighted by Gasteiger charge is -2.07. The smallest absolute Gasteiger partial charge is 0.213 e. The number of ether oxygens (including phenoxy) is 1. The van der Waals surface area contributed by atoms with Crippen LogP contribution in [0, 0.1) is 10.6 Å². The summed E-state index contributed by atoms with van der Waals surface area (Å²) >= 11 is 4.87. The summed E-state index contributed by atoms with van der Waals surface area (Å²) in [6, 6.07) is 4.55. The van der Waals surface area contributed by atoms with Gasteiger partial charge >= 0.3 is 0 Å². The number of methoxy groups -OCH3 is 1. The van der Waals surface area contributed by atoms with Crippen molar-refractivity contribution in [2.75, 3.05) is 7.11 Å². The van der Waals surface area contributed by atoms with Gasteiger partial charge in [0.1, 0.15) is 17.4 Å². The molecule has 1 aromatic heterocycles. The van der Waals surface area contributed by atoms with Gasteiger partial charge in [0, 0.05) is 6.42 Å². The lowest BCUT2D eigenvalue weighted by Crippen LogP contribution is -1.96. The molecule has 0 radical (unpaired) electrons. The van der Waals surface area contributed by atoms with E-state index in [1.807, 2.05) is 0 Å². The molecule has 1 heterocycles. The molecule has 96 valence electrons. The quantitative estimate of drug-likeness (QED) is 0.819. The maximum Gasteiger partial charge on any atom is 0.213 e. The first-order chi connectivity index (χ1) is 8.69. The number of nitrogens with zero attached hydrogens (tertiary/aromatic N) is 1. The average molecular weight is 267 g/mol. The molecule has 0 bridgehead atoms. The van der Waals surface area contributed by atoms with E-state index in [1.54, 1.807) is 13.2 Å². The number of hydrogen-bond acceptors (Lipinski definition) is 3. The molecule has 6 heteroatoms. The van der Waals surface area contributed by atoms with Crippen molar-refractivity contribution in [1.82, 2.24) is 15.2 Å². The zero-order valence-corrected chi connectivity index (χ0v) is 10.8. The second-order valence-corrected chi connectivity index (χ2v) is 4.31. The van der Waals surface area contributed by atoms with E-state index in [-0.39, 0.29) is 5.82 Å². The Kier molecular flexibility index (Phi) is 4.09. The van der Waals surface area contributed by atoms with E-state index in [0.717, 1.165) is 30.7 Å². The van der Waals surface area contributed by atoms with Crippen LogP contribution in [0.2, 0.25) is 0 Å². The molecule has 2 aromatic rings. The van der Waals surface area contributed by atoms with Crippen molar-refractivity contribution in [2.24, 2.45) is 0 Å². The standard InChI is InChI=1S/C12H14FN3OS/c1-17-10-6-5-9(13)7-8(10)3-2-4-11-14-12(18)16-15-11/h5-7H,2-4H2,1H3,(H2,14,15,16,18). The largest absolute Gasteiger partial charge is 0.496 e. The molecule has 0 atom stereocenters. The Morgan fingerprint density at radius 1 is 1.33 bits per heavy atom. The summed E-state index contributed by atoms with van der Waals surface area (Å²) < 4.78 is 18.8. The molecule has 0 aliphatic rings. The normalized spacial score (nSPS) is 10.6. The Hall–Kier alpha value is -1.69. The molecule has 4 nitrogen and oxygen atoms in total. The zero-order chi connectivity index (χ0) is 13.0. The van der Waals surface area contributed by atoms with Gasteiger partial charge in [0.25, 0.3) is 0 Å². The summed E-state index contributed by atoms with van der Waals surface area (Å²) in [6.45, 7) is 0. The summed E-state index contributed by atoms with van der Waals surface area (Å²) in [7, 11) is 1.59. The number of nitrogens with one attached hydrogen (secondary N) is 2. The molecule has 0 amide bonds. The van der Waals surface area contributed by atoms with Crippen molar-refractivity contribution < 1.29 is 9.13 Å². The molecule has 0 aliphatic carbocycles. The first kappa shape index (κ1) is 12.8. The topological polar surface area (TPSA) is 53.7 Å². The van der Waals surface area contributed by atoms with Gasteiger partial charge in [-0.2, -0.15) is 0 Å². The molecule has 0 saturated heterocycles. The Balaban J connectivity index is 1.97. The Morgan fingerprint density at radius 3 is 2.83 bits per heavy atom. The van der Waals surface area contributed by atoms with Gasteiger partial charge < -0.3 is 4.74 Å². The Morgan fingerprint density at radius 2 is 2.17 bits per heavy atom. The van der Waals surface area contributed by atoms with Crippen molar-refractivity contribution in [3.63, 3.8) is 0 Å². The van der Waals surface area contributed by atoms with Gasteiger partial charge in [-0.05, 0) is 48.8 Å². The lowest BCUT2D eigenvalue weighted by atomic mass is 10.1. The molecule has 0 unspecified atom stereocenters. The summed E-state index contributed by atoms with van der Waals surface area (Å²) in [4.78, 5) is 4.10. The number of aryl methyl sites for hydroxylation is 2. The highest BCUT2D eigenvalue weighted by atomic mass is 32.1. The first-order valence-electron chi connectivity index (χ1n) is 5.65. The third-order valence-corrected chi connectivity index (χ3v) is 2.85. The van der Waals surface area contributed by atoms with E-state index >= 15 is 0 Å². The predicted octanol–water partition coefficient (Wildman–Crippen LogP) is 2.79. The maximum absolute atomic E-state index is 13.1. The van der Waals surface area contributed by atoms with Gasteiger partial charge in [-0.1, -0.05) is 0 Å². The van der Waals surface area contributed by atoms with E-state index < -0.39 is 0 Å². The zero-order valence-electron chi connectivity index (χ0n) is 10.00. The van der Waals surface area contributed by atoms with Gasteiger partial charge in [0.05, 0.1) is 7.11 Å². The highest BCUT2D eigenvalue weighted by molar-refractivity contribution is 7.71. The summed E-state index contributed by atoms with van der Waals surface area (Å²) in [5.74, 6) is 1.28.